The lowest BCUT2D eigenvalue weighted by atomic mass is 10.1. The first-order valence-corrected chi connectivity index (χ1v) is 7.18. The number of allylic oxidation sites excluding steroid dienone is 1. The van der Waals surface area contributed by atoms with Gasteiger partial charge in [-0.2, -0.15) is 0 Å². The van der Waals surface area contributed by atoms with Crippen LogP contribution in [0.25, 0.3) is 5.57 Å². The second-order valence-corrected chi connectivity index (χ2v) is 5.15. The van der Waals surface area contributed by atoms with E-state index >= 15 is 0 Å². The van der Waals surface area contributed by atoms with Crippen molar-refractivity contribution in [3.63, 3.8) is 0 Å². The highest BCUT2D eigenvalue weighted by Crippen LogP contribution is 2.23. The summed E-state index contributed by atoms with van der Waals surface area (Å²) in [4.78, 5) is 14.9. The third kappa shape index (κ3) is 3.32. The van der Waals surface area contributed by atoms with Crippen molar-refractivity contribution in [3.8, 4) is 0 Å². The molecule has 2 aromatic rings. The number of para-hydroxylation sites is 1. The van der Waals surface area contributed by atoms with Crippen molar-refractivity contribution in [2.75, 3.05) is 11.4 Å². The molecule has 1 aromatic carbocycles. The average Bonchev–Trinajstić information content (AvgIpc) is 2.94. The maximum Gasteiger partial charge on any atom is 0.162 e. The van der Waals surface area contributed by atoms with Gasteiger partial charge in [-0.05, 0) is 37.4 Å². The third-order valence-corrected chi connectivity index (χ3v) is 3.78. The van der Waals surface area contributed by atoms with Crippen molar-refractivity contribution in [1.82, 2.24) is 0 Å². The molecule has 0 atom stereocenters. The SMILES string of the molecule is CCN(/C=C(\C(C)=O)c1cccs1)c1ccccc1. The van der Waals surface area contributed by atoms with Crippen LogP contribution in [0.15, 0.2) is 54.0 Å². The van der Waals surface area contributed by atoms with Crippen LogP contribution >= 0.6 is 11.3 Å². The number of rotatable bonds is 5. The molecule has 0 amide bonds. The fourth-order valence-electron chi connectivity index (χ4n) is 1.88. The molecule has 0 radical (unpaired) electrons. The molecule has 0 saturated carbocycles. The Kier molecular flexibility index (Phi) is 4.53. The molecular formula is C16H17NOS. The van der Waals surface area contributed by atoms with Gasteiger partial charge in [0.25, 0.3) is 0 Å². The van der Waals surface area contributed by atoms with Crippen LogP contribution in [0.1, 0.15) is 18.7 Å². The zero-order valence-corrected chi connectivity index (χ0v) is 12.0. The van der Waals surface area contributed by atoms with Gasteiger partial charge in [-0.3, -0.25) is 4.79 Å². The maximum atomic E-state index is 11.8. The molecule has 0 aliphatic heterocycles. The van der Waals surface area contributed by atoms with Crippen molar-refractivity contribution in [1.29, 1.82) is 0 Å². The fraction of sp³-hybridized carbons (Fsp3) is 0.188. The number of Topliss-reactive ketones (excluding diaryl/α,β-unsaturated/α-hetero) is 1. The van der Waals surface area contributed by atoms with E-state index in [1.54, 1.807) is 18.3 Å². The van der Waals surface area contributed by atoms with Gasteiger partial charge in [0.15, 0.2) is 5.78 Å². The summed E-state index contributed by atoms with van der Waals surface area (Å²) in [5.74, 6) is 0.0943. The summed E-state index contributed by atoms with van der Waals surface area (Å²) < 4.78 is 0. The number of carbonyl (C=O) groups is 1. The largest absolute Gasteiger partial charge is 0.347 e. The molecule has 0 saturated heterocycles. The first-order chi connectivity index (χ1) is 9.22. The molecule has 98 valence electrons. The number of hydrogen-bond donors (Lipinski definition) is 0. The van der Waals surface area contributed by atoms with Crippen molar-refractivity contribution in [2.45, 2.75) is 13.8 Å². The van der Waals surface area contributed by atoms with E-state index in [-0.39, 0.29) is 5.78 Å². The minimum absolute atomic E-state index is 0.0943. The normalized spacial score (nSPS) is 11.4. The second-order valence-electron chi connectivity index (χ2n) is 4.20. The number of benzene rings is 1. The number of nitrogens with zero attached hydrogens (tertiary/aromatic N) is 1. The van der Waals surface area contributed by atoms with Crippen LogP contribution in [-0.2, 0) is 4.79 Å². The van der Waals surface area contributed by atoms with Crippen LogP contribution in [0.2, 0.25) is 0 Å². The summed E-state index contributed by atoms with van der Waals surface area (Å²) in [6.07, 6.45) is 1.95. The smallest absolute Gasteiger partial charge is 0.162 e. The zero-order chi connectivity index (χ0) is 13.7. The van der Waals surface area contributed by atoms with E-state index in [0.717, 1.165) is 22.7 Å². The minimum Gasteiger partial charge on any atom is -0.347 e. The fourth-order valence-corrected chi connectivity index (χ4v) is 2.67. The van der Waals surface area contributed by atoms with Crippen LogP contribution in [0.3, 0.4) is 0 Å². The molecule has 0 N–H and O–H groups in total. The van der Waals surface area contributed by atoms with E-state index in [2.05, 4.69) is 11.8 Å². The Morgan fingerprint density at radius 1 is 1.21 bits per heavy atom. The molecule has 1 heterocycles. The quantitative estimate of drug-likeness (QED) is 0.759. The molecule has 0 fully saturated rings. The van der Waals surface area contributed by atoms with Gasteiger partial charge in [0, 0.05) is 23.3 Å². The lowest BCUT2D eigenvalue weighted by molar-refractivity contribution is -0.111. The molecule has 2 nitrogen and oxygen atoms in total. The highest BCUT2D eigenvalue weighted by atomic mass is 32.1. The number of thiophene rings is 1. The van der Waals surface area contributed by atoms with E-state index < -0.39 is 0 Å². The molecule has 3 heteroatoms. The maximum absolute atomic E-state index is 11.8. The standard InChI is InChI=1S/C16H17NOS/c1-3-17(14-8-5-4-6-9-14)12-15(13(2)18)16-10-7-11-19-16/h4-12H,3H2,1-2H3/b15-12+. The second kappa shape index (κ2) is 6.34. The first kappa shape index (κ1) is 13.6. The summed E-state index contributed by atoms with van der Waals surface area (Å²) in [6.45, 7) is 4.52. The molecule has 19 heavy (non-hydrogen) atoms. The number of carbonyl (C=O) groups excluding carboxylic acids is 1. The Labute approximate surface area is 118 Å². The van der Waals surface area contributed by atoms with E-state index in [1.807, 2.05) is 54.0 Å². The number of ketones is 1. The van der Waals surface area contributed by atoms with Gasteiger partial charge in [-0.1, -0.05) is 24.3 Å². The van der Waals surface area contributed by atoms with Crippen molar-refractivity contribution >= 4 is 28.4 Å². The number of hydrogen-bond acceptors (Lipinski definition) is 3. The molecule has 0 aliphatic rings. The highest BCUT2D eigenvalue weighted by molar-refractivity contribution is 7.11. The Morgan fingerprint density at radius 2 is 1.95 bits per heavy atom. The van der Waals surface area contributed by atoms with E-state index in [1.165, 1.54) is 0 Å². The van der Waals surface area contributed by atoms with Crippen molar-refractivity contribution < 1.29 is 4.79 Å². The molecule has 0 bridgehead atoms. The molecule has 0 unspecified atom stereocenters. The molecule has 0 spiro atoms. The number of anilines is 1. The molecule has 0 aliphatic carbocycles. The van der Waals surface area contributed by atoms with Gasteiger partial charge in [-0.25, -0.2) is 0 Å². The first-order valence-electron chi connectivity index (χ1n) is 6.30. The Balaban J connectivity index is 2.37. The van der Waals surface area contributed by atoms with E-state index in [4.69, 9.17) is 0 Å². The summed E-state index contributed by atoms with van der Waals surface area (Å²) >= 11 is 1.59. The predicted molar refractivity (Wildman–Crippen MR) is 82.4 cm³/mol. The third-order valence-electron chi connectivity index (χ3n) is 2.88. The predicted octanol–water partition coefficient (Wildman–Crippen LogP) is 4.20. The van der Waals surface area contributed by atoms with Gasteiger partial charge in [0.1, 0.15) is 0 Å². The Bertz CT molecular complexity index is 558. The summed E-state index contributed by atoms with van der Waals surface area (Å²) in [6, 6.07) is 14.0. The van der Waals surface area contributed by atoms with Gasteiger partial charge in [0.2, 0.25) is 0 Å². The monoisotopic (exact) mass is 271 g/mol. The van der Waals surface area contributed by atoms with Gasteiger partial charge < -0.3 is 4.90 Å². The molecule has 1 aromatic heterocycles. The average molecular weight is 271 g/mol. The highest BCUT2D eigenvalue weighted by Gasteiger charge is 2.11. The van der Waals surface area contributed by atoms with E-state index in [9.17, 15) is 4.79 Å². The van der Waals surface area contributed by atoms with Crippen LogP contribution < -0.4 is 4.90 Å². The van der Waals surface area contributed by atoms with Crippen LogP contribution in [0.5, 0.6) is 0 Å². The van der Waals surface area contributed by atoms with Gasteiger partial charge in [-0.15, -0.1) is 11.3 Å². The topological polar surface area (TPSA) is 20.3 Å². The summed E-state index contributed by atoms with van der Waals surface area (Å²) in [5, 5.41) is 1.99. The lowest BCUT2D eigenvalue weighted by Crippen LogP contribution is -2.16. The molecular weight excluding hydrogens is 254 g/mol. The van der Waals surface area contributed by atoms with Crippen LogP contribution in [0.4, 0.5) is 5.69 Å². The summed E-state index contributed by atoms with van der Waals surface area (Å²) in [5.41, 5.74) is 1.86. The zero-order valence-electron chi connectivity index (χ0n) is 11.2. The minimum atomic E-state index is 0.0943. The Morgan fingerprint density at radius 3 is 2.47 bits per heavy atom. The van der Waals surface area contributed by atoms with E-state index in [0.29, 0.717) is 0 Å². The van der Waals surface area contributed by atoms with Gasteiger partial charge >= 0.3 is 0 Å². The van der Waals surface area contributed by atoms with Crippen LogP contribution in [0, 0.1) is 0 Å². The van der Waals surface area contributed by atoms with Crippen molar-refractivity contribution in [2.24, 2.45) is 0 Å². The van der Waals surface area contributed by atoms with Crippen LogP contribution in [-0.4, -0.2) is 12.3 Å². The molecule has 2 rings (SSSR count). The van der Waals surface area contributed by atoms with Gasteiger partial charge in [0.05, 0.1) is 5.57 Å². The summed E-state index contributed by atoms with van der Waals surface area (Å²) in [7, 11) is 0. The Hall–Kier alpha value is -1.87. The van der Waals surface area contributed by atoms with Crippen molar-refractivity contribution in [3.05, 3.63) is 58.9 Å². The lowest BCUT2D eigenvalue weighted by Gasteiger charge is -2.19.